The lowest BCUT2D eigenvalue weighted by atomic mass is 10.1. The van der Waals surface area contributed by atoms with Gasteiger partial charge in [0.1, 0.15) is 0 Å². The van der Waals surface area contributed by atoms with Crippen LogP contribution >= 0.6 is 11.3 Å². The van der Waals surface area contributed by atoms with Crippen LogP contribution in [0.4, 0.5) is 5.13 Å². The van der Waals surface area contributed by atoms with E-state index in [1.807, 2.05) is 48.7 Å². The summed E-state index contributed by atoms with van der Waals surface area (Å²) in [4.78, 5) is 16.6. The first-order valence-electron chi connectivity index (χ1n) is 8.32. The average molecular weight is 380 g/mol. The number of hydrogen-bond donors (Lipinski definition) is 1. The Bertz CT molecular complexity index is 962. The van der Waals surface area contributed by atoms with E-state index < -0.39 is 0 Å². The minimum absolute atomic E-state index is 0.241. The number of nitrogens with one attached hydrogen (secondary N) is 1. The Kier molecular flexibility index (Phi) is 5.88. The number of amides is 1. The number of hydrogen-bond acceptors (Lipinski definition) is 5. The highest BCUT2D eigenvalue weighted by Gasteiger charge is 2.07. The van der Waals surface area contributed by atoms with Gasteiger partial charge in [0.2, 0.25) is 5.91 Å². The Morgan fingerprint density at radius 2 is 1.81 bits per heavy atom. The Hall–Kier alpha value is -3.12. The van der Waals surface area contributed by atoms with Crippen molar-refractivity contribution in [2.45, 2.75) is 6.92 Å². The molecule has 3 aromatic rings. The van der Waals surface area contributed by atoms with Gasteiger partial charge < -0.3 is 9.47 Å². The maximum Gasteiger partial charge on any atom is 0.250 e. The van der Waals surface area contributed by atoms with Crippen molar-refractivity contribution in [1.29, 1.82) is 0 Å². The zero-order valence-electron chi connectivity index (χ0n) is 15.4. The fraction of sp³-hybridized carbons (Fsp3) is 0.143. The zero-order chi connectivity index (χ0) is 19.2. The van der Waals surface area contributed by atoms with Gasteiger partial charge in [-0.1, -0.05) is 35.9 Å². The number of aromatic nitrogens is 1. The van der Waals surface area contributed by atoms with Crippen molar-refractivity contribution in [3.8, 4) is 22.8 Å². The van der Waals surface area contributed by atoms with E-state index in [-0.39, 0.29) is 5.91 Å². The van der Waals surface area contributed by atoms with E-state index in [0.29, 0.717) is 16.6 Å². The number of ether oxygens (including phenoxy) is 2. The quantitative estimate of drug-likeness (QED) is 0.625. The molecule has 1 aromatic heterocycles. The maximum absolute atomic E-state index is 12.2. The molecular weight excluding hydrogens is 360 g/mol. The van der Waals surface area contributed by atoms with Crippen LogP contribution in [-0.4, -0.2) is 25.1 Å². The smallest absolute Gasteiger partial charge is 0.250 e. The SMILES string of the molecule is COc1ccc(C=CC(=O)Nc2nc(-c3ccc(C)cc3)cs2)cc1OC. The van der Waals surface area contributed by atoms with E-state index in [2.05, 4.69) is 10.3 Å². The van der Waals surface area contributed by atoms with Crippen molar-refractivity contribution >= 4 is 28.5 Å². The number of carbonyl (C=O) groups excluding carboxylic acids is 1. The lowest BCUT2D eigenvalue weighted by Crippen LogP contribution is -2.07. The normalized spacial score (nSPS) is 10.8. The Morgan fingerprint density at radius 1 is 1.07 bits per heavy atom. The number of nitrogens with zero attached hydrogens (tertiary/aromatic N) is 1. The fourth-order valence-electron chi connectivity index (χ4n) is 2.46. The lowest BCUT2D eigenvalue weighted by Gasteiger charge is -2.07. The topological polar surface area (TPSA) is 60.5 Å². The highest BCUT2D eigenvalue weighted by Crippen LogP contribution is 2.28. The monoisotopic (exact) mass is 380 g/mol. The van der Waals surface area contributed by atoms with Gasteiger partial charge >= 0.3 is 0 Å². The van der Waals surface area contributed by atoms with E-state index in [1.54, 1.807) is 26.4 Å². The molecule has 5 nitrogen and oxygen atoms in total. The van der Waals surface area contributed by atoms with Crippen LogP contribution in [0.1, 0.15) is 11.1 Å². The van der Waals surface area contributed by atoms with Crippen LogP contribution in [0.2, 0.25) is 0 Å². The molecule has 0 fully saturated rings. The van der Waals surface area contributed by atoms with Crippen molar-refractivity contribution in [3.05, 3.63) is 65.0 Å². The molecule has 2 aromatic carbocycles. The molecule has 0 aliphatic rings. The van der Waals surface area contributed by atoms with Crippen LogP contribution in [-0.2, 0) is 4.79 Å². The Labute approximate surface area is 162 Å². The Morgan fingerprint density at radius 3 is 2.52 bits per heavy atom. The van der Waals surface area contributed by atoms with Crippen LogP contribution in [0.25, 0.3) is 17.3 Å². The highest BCUT2D eigenvalue weighted by atomic mass is 32.1. The third-order valence-corrected chi connectivity index (χ3v) is 4.67. The van der Waals surface area contributed by atoms with E-state index in [0.717, 1.165) is 16.8 Å². The highest BCUT2D eigenvalue weighted by molar-refractivity contribution is 7.14. The minimum Gasteiger partial charge on any atom is -0.493 e. The van der Waals surface area contributed by atoms with Crippen molar-refractivity contribution in [2.24, 2.45) is 0 Å². The second-order valence-electron chi connectivity index (χ2n) is 5.84. The largest absolute Gasteiger partial charge is 0.493 e. The van der Waals surface area contributed by atoms with Gasteiger partial charge in [-0.3, -0.25) is 10.1 Å². The average Bonchev–Trinajstić information content (AvgIpc) is 3.15. The molecule has 1 amide bonds. The number of anilines is 1. The summed E-state index contributed by atoms with van der Waals surface area (Å²) in [6, 6.07) is 13.6. The molecule has 0 aliphatic heterocycles. The summed E-state index contributed by atoms with van der Waals surface area (Å²) < 4.78 is 10.5. The van der Waals surface area contributed by atoms with Crippen LogP contribution in [0.5, 0.6) is 11.5 Å². The number of rotatable bonds is 6. The summed E-state index contributed by atoms with van der Waals surface area (Å²) in [5.74, 6) is 1.02. The molecule has 3 rings (SSSR count). The predicted octanol–water partition coefficient (Wildman–Crippen LogP) is 4.79. The molecule has 6 heteroatoms. The van der Waals surface area contributed by atoms with Crippen molar-refractivity contribution < 1.29 is 14.3 Å². The van der Waals surface area contributed by atoms with Gasteiger partial charge in [0.05, 0.1) is 19.9 Å². The summed E-state index contributed by atoms with van der Waals surface area (Å²) in [5, 5.41) is 5.28. The molecule has 0 saturated carbocycles. The molecule has 0 spiro atoms. The number of benzene rings is 2. The first-order chi connectivity index (χ1) is 13.1. The van der Waals surface area contributed by atoms with E-state index >= 15 is 0 Å². The van der Waals surface area contributed by atoms with Crippen molar-refractivity contribution in [3.63, 3.8) is 0 Å². The van der Waals surface area contributed by atoms with Gasteiger partial charge in [0.15, 0.2) is 16.6 Å². The second kappa shape index (κ2) is 8.51. The Balaban J connectivity index is 1.66. The first-order valence-corrected chi connectivity index (χ1v) is 9.20. The van der Waals surface area contributed by atoms with Gasteiger partial charge in [-0.15, -0.1) is 11.3 Å². The van der Waals surface area contributed by atoms with Gasteiger partial charge in [-0.2, -0.15) is 0 Å². The molecule has 0 saturated heterocycles. The lowest BCUT2D eigenvalue weighted by molar-refractivity contribution is -0.111. The summed E-state index contributed by atoms with van der Waals surface area (Å²) in [7, 11) is 3.16. The van der Waals surface area contributed by atoms with E-state index in [9.17, 15) is 4.79 Å². The number of aryl methyl sites for hydroxylation is 1. The number of methoxy groups -OCH3 is 2. The van der Waals surface area contributed by atoms with E-state index in [1.165, 1.54) is 23.0 Å². The van der Waals surface area contributed by atoms with E-state index in [4.69, 9.17) is 9.47 Å². The van der Waals surface area contributed by atoms with Gasteiger partial charge in [0.25, 0.3) is 0 Å². The van der Waals surface area contributed by atoms with Crippen LogP contribution < -0.4 is 14.8 Å². The number of carbonyl (C=O) groups is 1. The molecule has 0 bridgehead atoms. The van der Waals surface area contributed by atoms with Crippen LogP contribution in [0, 0.1) is 6.92 Å². The van der Waals surface area contributed by atoms with Gasteiger partial charge in [-0.25, -0.2) is 4.98 Å². The molecule has 1 heterocycles. The fourth-order valence-corrected chi connectivity index (χ4v) is 3.19. The first kappa shape index (κ1) is 18.7. The maximum atomic E-state index is 12.2. The summed E-state index contributed by atoms with van der Waals surface area (Å²) >= 11 is 1.40. The van der Waals surface area contributed by atoms with Crippen molar-refractivity contribution in [2.75, 3.05) is 19.5 Å². The van der Waals surface area contributed by atoms with Crippen molar-refractivity contribution in [1.82, 2.24) is 4.98 Å². The molecule has 0 unspecified atom stereocenters. The zero-order valence-corrected chi connectivity index (χ0v) is 16.2. The summed E-state index contributed by atoms with van der Waals surface area (Å²) in [6.07, 6.45) is 3.18. The molecule has 27 heavy (non-hydrogen) atoms. The number of thiazole rings is 1. The van der Waals surface area contributed by atoms with Gasteiger partial charge in [-0.05, 0) is 30.7 Å². The predicted molar refractivity (Wildman–Crippen MR) is 109 cm³/mol. The molecule has 0 aliphatic carbocycles. The standard InChI is InChI=1S/C21H20N2O3S/c1-14-4-8-16(9-5-14)17-13-27-21(22-17)23-20(24)11-7-15-6-10-18(25-2)19(12-15)26-3/h4-13H,1-3H3,(H,22,23,24). The molecule has 1 N–H and O–H groups in total. The molecule has 0 atom stereocenters. The summed E-state index contributed by atoms with van der Waals surface area (Å²) in [5.41, 5.74) is 3.91. The third kappa shape index (κ3) is 4.74. The van der Waals surface area contributed by atoms with Crippen LogP contribution in [0.15, 0.2) is 53.9 Å². The molecule has 138 valence electrons. The van der Waals surface area contributed by atoms with Gasteiger partial charge in [0, 0.05) is 17.0 Å². The minimum atomic E-state index is -0.241. The van der Waals surface area contributed by atoms with Crippen LogP contribution in [0.3, 0.4) is 0 Å². The third-order valence-electron chi connectivity index (χ3n) is 3.92. The summed E-state index contributed by atoms with van der Waals surface area (Å²) in [6.45, 7) is 2.04. The molecule has 0 radical (unpaired) electrons. The second-order valence-corrected chi connectivity index (χ2v) is 6.70. The molecular formula is C21H20N2O3S.